The van der Waals surface area contributed by atoms with E-state index in [0.717, 1.165) is 31.8 Å². The van der Waals surface area contributed by atoms with Gasteiger partial charge in [-0.25, -0.2) is 0 Å². The van der Waals surface area contributed by atoms with Crippen LogP contribution in [0.2, 0.25) is 0 Å². The Bertz CT molecular complexity index is 452. The summed E-state index contributed by atoms with van der Waals surface area (Å²) in [5.41, 5.74) is 5.68. The molecule has 1 heterocycles. The number of halogens is 3. The summed E-state index contributed by atoms with van der Waals surface area (Å²) in [7, 11) is 0. The fourth-order valence-electron chi connectivity index (χ4n) is 2.61. The molecule has 3 nitrogen and oxygen atoms in total. The smallest absolute Gasteiger partial charge is 0.397 e. The van der Waals surface area contributed by atoms with Crippen LogP contribution < -0.4 is 11.1 Å². The number of nitrogens with two attached hydrogens (primary N) is 1. The summed E-state index contributed by atoms with van der Waals surface area (Å²) in [6.45, 7) is 3.78. The molecular formula is C15H22F3N3. The summed E-state index contributed by atoms with van der Waals surface area (Å²) in [5.74, 6) is 0. The normalized spacial score (nSPS) is 17.5. The van der Waals surface area contributed by atoms with Gasteiger partial charge in [0.25, 0.3) is 0 Å². The average molecular weight is 301 g/mol. The van der Waals surface area contributed by atoms with Crippen LogP contribution in [0.25, 0.3) is 0 Å². The van der Waals surface area contributed by atoms with Crippen LogP contribution in [0, 0.1) is 0 Å². The largest absolute Gasteiger partial charge is 0.416 e. The maximum absolute atomic E-state index is 12.6. The highest BCUT2D eigenvalue weighted by Crippen LogP contribution is 2.32. The minimum Gasteiger partial charge on any atom is -0.397 e. The van der Waals surface area contributed by atoms with Crippen molar-refractivity contribution in [2.75, 3.05) is 37.2 Å². The molecule has 0 bridgehead atoms. The maximum Gasteiger partial charge on any atom is 0.416 e. The van der Waals surface area contributed by atoms with E-state index in [1.807, 2.05) is 0 Å². The molecule has 0 saturated carbocycles. The summed E-state index contributed by atoms with van der Waals surface area (Å²) < 4.78 is 37.7. The molecule has 1 aliphatic heterocycles. The molecule has 1 aromatic rings. The van der Waals surface area contributed by atoms with Crippen LogP contribution in [0.3, 0.4) is 0 Å². The minimum atomic E-state index is -4.35. The topological polar surface area (TPSA) is 41.3 Å². The van der Waals surface area contributed by atoms with Crippen molar-refractivity contribution < 1.29 is 13.2 Å². The standard InChI is InChI=1S/C15H22F3N3/c16-15(17,18)12-5-6-14(13(19)11-12)20-7-10-21-8-3-1-2-4-9-21/h5-6,11,20H,1-4,7-10,19H2. The third-order valence-electron chi connectivity index (χ3n) is 3.82. The molecule has 0 aromatic heterocycles. The molecule has 6 heteroatoms. The zero-order chi connectivity index (χ0) is 15.3. The zero-order valence-corrected chi connectivity index (χ0v) is 12.0. The molecule has 3 N–H and O–H groups in total. The summed E-state index contributed by atoms with van der Waals surface area (Å²) in [6.07, 6.45) is 0.676. The van der Waals surface area contributed by atoms with Crippen LogP contribution in [-0.2, 0) is 6.18 Å². The molecule has 0 atom stereocenters. The number of nitrogen functional groups attached to an aromatic ring is 1. The van der Waals surface area contributed by atoms with Crippen molar-refractivity contribution in [1.29, 1.82) is 0 Å². The average Bonchev–Trinajstić information content (AvgIpc) is 2.68. The number of hydrogen-bond donors (Lipinski definition) is 2. The first-order valence-corrected chi connectivity index (χ1v) is 7.40. The van der Waals surface area contributed by atoms with Crippen LogP contribution >= 0.6 is 0 Å². The van der Waals surface area contributed by atoms with Gasteiger partial charge in [-0.3, -0.25) is 0 Å². The summed E-state index contributed by atoms with van der Waals surface area (Å²) in [6, 6.07) is 3.44. The van der Waals surface area contributed by atoms with E-state index in [1.54, 1.807) is 0 Å². The lowest BCUT2D eigenvalue weighted by atomic mass is 10.1. The molecule has 1 saturated heterocycles. The quantitative estimate of drug-likeness (QED) is 0.835. The van der Waals surface area contributed by atoms with E-state index in [1.165, 1.54) is 31.7 Å². The Hall–Kier alpha value is -1.43. The molecule has 0 amide bonds. The Kier molecular flexibility index (Phi) is 5.33. The highest BCUT2D eigenvalue weighted by Gasteiger charge is 2.30. The first-order valence-electron chi connectivity index (χ1n) is 7.40. The molecule has 1 aromatic carbocycles. The van der Waals surface area contributed by atoms with Crippen LogP contribution in [0.4, 0.5) is 24.5 Å². The van der Waals surface area contributed by atoms with Crippen LogP contribution in [0.5, 0.6) is 0 Å². The fourth-order valence-corrected chi connectivity index (χ4v) is 2.61. The Morgan fingerprint density at radius 2 is 1.76 bits per heavy atom. The van der Waals surface area contributed by atoms with Crippen molar-refractivity contribution in [2.24, 2.45) is 0 Å². The monoisotopic (exact) mass is 301 g/mol. The van der Waals surface area contributed by atoms with Gasteiger partial charge in [-0.2, -0.15) is 13.2 Å². The molecule has 0 spiro atoms. The highest BCUT2D eigenvalue weighted by molar-refractivity contribution is 5.67. The van der Waals surface area contributed by atoms with Crippen molar-refractivity contribution in [3.63, 3.8) is 0 Å². The molecule has 0 radical (unpaired) electrons. The predicted molar refractivity (Wildman–Crippen MR) is 79.3 cm³/mol. The van der Waals surface area contributed by atoms with E-state index in [4.69, 9.17) is 5.73 Å². The minimum absolute atomic E-state index is 0.140. The van der Waals surface area contributed by atoms with E-state index >= 15 is 0 Å². The van der Waals surface area contributed by atoms with E-state index in [9.17, 15) is 13.2 Å². The molecule has 1 aliphatic rings. The summed E-state index contributed by atoms with van der Waals surface area (Å²) in [5, 5.41) is 3.13. The lowest BCUT2D eigenvalue weighted by Crippen LogP contribution is -2.30. The third-order valence-corrected chi connectivity index (χ3v) is 3.82. The van der Waals surface area contributed by atoms with Crippen molar-refractivity contribution in [3.05, 3.63) is 23.8 Å². The Labute approximate surface area is 123 Å². The number of nitrogens with one attached hydrogen (secondary N) is 1. The Morgan fingerprint density at radius 3 is 2.33 bits per heavy atom. The molecule has 1 fully saturated rings. The van der Waals surface area contributed by atoms with Gasteiger partial charge in [0, 0.05) is 13.1 Å². The zero-order valence-electron chi connectivity index (χ0n) is 12.0. The van der Waals surface area contributed by atoms with Crippen molar-refractivity contribution in [2.45, 2.75) is 31.9 Å². The number of nitrogens with zero attached hydrogens (tertiary/aromatic N) is 1. The second-order valence-corrected chi connectivity index (χ2v) is 5.48. The van der Waals surface area contributed by atoms with Gasteiger partial charge in [-0.1, -0.05) is 12.8 Å². The second kappa shape index (κ2) is 7.02. The molecule has 0 aliphatic carbocycles. The number of alkyl halides is 3. The number of hydrogen-bond acceptors (Lipinski definition) is 3. The summed E-state index contributed by atoms with van der Waals surface area (Å²) in [4.78, 5) is 2.39. The van der Waals surface area contributed by atoms with Gasteiger partial charge in [0.15, 0.2) is 0 Å². The predicted octanol–water partition coefficient (Wildman–Crippen LogP) is 3.58. The van der Waals surface area contributed by atoms with Gasteiger partial charge in [0.05, 0.1) is 16.9 Å². The van der Waals surface area contributed by atoms with Gasteiger partial charge in [-0.05, 0) is 44.1 Å². The van der Waals surface area contributed by atoms with Crippen LogP contribution in [-0.4, -0.2) is 31.1 Å². The fraction of sp³-hybridized carbons (Fsp3) is 0.600. The molecule has 21 heavy (non-hydrogen) atoms. The Morgan fingerprint density at radius 1 is 1.10 bits per heavy atom. The first-order chi connectivity index (χ1) is 9.97. The maximum atomic E-state index is 12.6. The number of anilines is 2. The van der Waals surface area contributed by atoms with Crippen molar-refractivity contribution >= 4 is 11.4 Å². The lowest BCUT2D eigenvalue weighted by Gasteiger charge is -2.20. The lowest BCUT2D eigenvalue weighted by molar-refractivity contribution is -0.137. The van der Waals surface area contributed by atoms with Crippen LogP contribution in [0.1, 0.15) is 31.2 Å². The highest BCUT2D eigenvalue weighted by atomic mass is 19.4. The van der Waals surface area contributed by atoms with Gasteiger partial charge in [-0.15, -0.1) is 0 Å². The number of benzene rings is 1. The van der Waals surface area contributed by atoms with Crippen molar-refractivity contribution in [3.8, 4) is 0 Å². The third kappa shape index (κ3) is 4.81. The van der Waals surface area contributed by atoms with Gasteiger partial charge >= 0.3 is 6.18 Å². The van der Waals surface area contributed by atoms with Crippen LogP contribution in [0.15, 0.2) is 18.2 Å². The molecule has 2 rings (SSSR count). The Balaban J connectivity index is 1.85. The van der Waals surface area contributed by atoms with E-state index in [-0.39, 0.29) is 5.69 Å². The van der Waals surface area contributed by atoms with E-state index < -0.39 is 11.7 Å². The van der Waals surface area contributed by atoms with Gasteiger partial charge in [0.2, 0.25) is 0 Å². The number of rotatable bonds is 4. The number of likely N-dealkylation sites (tertiary alicyclic amines) is 1. The van der Waals surface area contributed by atoms with Gasteiger partial charge in [0.1, 0.15) is 0 Å². The second-order valence-electron chi connectivity index (χ2n) is 5.48. The summed E-state index contributed by atoms with van der Waals surface area (Å²) >= 11 is 0. The van der Waals surface area contributed by atoms with E-state index in [0.29, 0.717) is 12.2 Å². The van der Waals surface area contributed by atoms with Crippen molar-refractivity contribution in [1.82, 2.24) is 4.90 Å². The SMILES string of the molecule is Nc1cc(C(F)(F)F)ccc1NCCN1CCCCCC1. The molecule has 0 unspecified atom stereocenters. The first kappa shape index (κ1) is 15.9. The molecular weight excluding hydrogens is 279 g/mol. The molecule has 118 valence electrons. The van der Waals surface area contributed by atoms with E-state index in [2.05, 4.69) is 10.2 Å². The van der Waals surface area contributed by atoms with Gasteiger partial charge < -0.3 is 16.0 Å².